The quantitative estimate of drug-likeness (QED) is 0.148. The minimum absolute atomic E-state index is 0.0449. The van der Waals surface area contributed by atoms with Crippen molar-refractivity contribution in [3.63, 3.8) is 0 Å². The average molecular weight is 553 g/mol. The van der Waals surface area contributed by atoms with E-state index in [1.54, 1.807) is 6.20 Å². The van der Waals surface area contributed by atoms with Gasteiger partial charge in [-0.1, -0.05) is 15.8 Å². The zero-order valence-electron chi connectivity index (χ0n) is 23.3. The fourth-order valence-electron chi connectivity index (χ4n) is 4.71. The van der Waals surface area contributed by atoms with Gasteiger partial charge in [0.25, 0.3) is 0 Å². The van der Waals surface area contributed by atoms with Gasteiger partial charge in [-0.2, -0.15) is 0 Å². The highest BCUT2D eigenvalue weighted by Gasteiger charge is 2.23. The second kappa shape index (κ2) is 14.5. The molecule has 0 saturated carbocycles. The number of hydrogen-bond donors (Lipinski definition) is 3. The van der Waals surface area contributed by atoms with E-state index in [2.05, 4.69) is 37.6 Å². The number of nitrogens with zero attached hydrogens (tertiary/aromatic N) is 5. The molecule has 3 N–H and O–H groups in total. The van der Waals surface area contributed by atoms with E-state index in [0.29, 0.717) is 31.9 Å². The molecule has 0 spiro atoms. The van der Waals surface area contributed by atoms with Crippen LogP contribution in [0.3, 0.4) is 0 Å². The molecule has 1 aliphatic heterocycles. The van der Waals surface area contributed by atoms with Crippen LogP contribution in [-0.2, 0) is 17.6 Å². The second-order valence-corrected chi connectivity index (χ2v) is 10.2. The fourth-order valence-corrected chi connectivity index (χ4v) is 4.71. The van der Waals surface area contributed by atoms with Crippen LogP contribution in [0.25, 0.3) is 0 Å². The molecule has 10 nitrogen and oxygen atoms in total. The summed E-state index contributed by atoms with van der Waals surface area (Å²) in [5.41, 5.74) is 3.18. The van der Waals surface area contributed by atoms with Gasteiger partial charge in [-0.05, 0) is 64.1 Å². The van der Waals surface area contributed by atoms with Crippen LogP contribution in [0.15, 0.2) is 43.0 Å². The summed E-state index contributed by atoms with van der Waals surface area (Å²) in [5.74, 6) is 1.13. The SMILES string of the molecule is CC(=O)[C@H](CCN(CCCCc1ccc2c(n1)NCCC2)CCOc1cncc(F)c1)Nc1ncc(C)c[n+]1O. The molecule has 0 amide bonds. The lowest BCUT2D eigenvalue weighted by Crippen LogP contribution is -2.42. The number of ketones is 1. The Hall–Kier alpha value is -3.86. The van der Waals surface area contributed by atoms with Crippen molar-refractivity contribution in [3.8, 4) is 5.75 Å². The molecule has 11 heteroatoms. The molecular formula is C29H39FN7O3+. The summed E-state index contributed by atoms with van der Waals surface area (Å²) in [5, 5.41) is 16.6. The molecule has 0 radical (unpaired) electrons. The van der Waals surface area contributed by atoms with Crippen LogP contribution < -0.4 is 20.1 Å². The van der Waals surface area contributed by atoms with Gasteiger partial charge in [-0.3, -0.25) is 20.0 Å². The third-order valence-corrected chi connectivity index (χ3v) is 6.93. The van der Waals surface area contributed by atoms with Gasteiger partial charge >= 0.3 is 5.95 Å². The Bertz CT molecular complexity index is 1280. The number of rotatable bonds is 15. The van der Waals surface area contributed by atoms with Crippen LogP contribution in [0.4, 0.5) is 16.2 Å². The molecule has 3 aromatic heterocycles. The van der Waals surface area contributed by atoms with E-state index in [-0.39, 0.29) is 11.7 Å². The van der Waals surface area contributed by atoms with Gasteiger partial charge < -0.3 is 15.3 Å². The molecule has 0 aliphatic carbocycles. The lowest BCUT2D eigenvalue weighted by molar-refractivity contribution is -0.895. The molecule has 0 bridgehead atoms. The molecule has 1 aliphatic rings. The van der Waals surface area contributed by atoms with E-state index in [0.717, 1.165) is 73.2 Å². The topological polar surface area (TPSA) is 116 Å². The van der Waals surface area contributed by atoms with Gasteiger partial charge in [0.05, 0.1) is 12.4 Å². The number of aromatic nitrogens is 4. The molecule has 4 rings (SSSR count). The zero-order valence-corrected chi connectivity index (χ0v) is 23.3. The number of carbonyl (C=O) groups is 1. The van der Waals surface area contributed by atoms with E-state index in [1.165, 1.54) is 30.9 Å². The van der Waals surface area contributed by atoms with Crippen LogP contribution in [-0.4, -0.2) is 69.7 Å². The number of Topliss-reactive ketones (excluding diaryl/α,β-unsaturated/α-hetero) is 1. The summed E-state index contributed by atoms with van der Waals surface area (Å²) in [7, 11) is 0. The summed E-state index contributed by atoms with van der Waals surface area (Å²) in [4.78, 5) is 27.5. The first kappa shape index (κ1) is 29.1. The summed E-state index contributed by atoms with van der Waals surface area (Å²) in [6, 6.07) is 5.10. The Morgan fingerprint density at radius 2 is 2.12 bits per heavy atom. The van der Waals surface area contributed by atoms with Crippen LogP contribution in [0.1, 0.15) is 49.4 Å². The summed E-state index contributed by atoms with van der Waals surface area (Å²) >= 11 is 0. The van der Waals surface area contributed by atoms with Gasteiger partial charge in [0, 0.05) is 43.4 Å². The maximum absolute atomic E-state index is 13.5. The maximum atomic E-state index is 13.5. The standard InChI is InChI=1S/C29H38FN7O3/c1-21-17-33-29(37(39)20-21)35-27(22(2)38)10-13-36(14-15-40-26-16-24(30)18-31-19-26)12-4-3-7-25-9-8-23-6-5-11-32-28(23)34-25/h8-9,16-20,27,39H,3-7,10-15H2,1-2H3,(H,32,34)/p+1/t27-/m0/s1. The molecule has 40 heavy (non-hydrogen) atoms. The van der Waals surface area contributed by atoms with Crippen LogP contribution in [0.5, 0.6) is 5.75 Å². The number of anilines is 2. The first-order valence-corrected chi connectivity index (χ1v) is 13.9. The summed E-state index contributed by atoms with van der Waals surface area (Å²) in [6.07, 6.45) is 11.3. The van der Waals surface area contributed by atoms with Crippen molar-refractivity contribution in [1.29, 1.82) is 0 Å². The lowest BCUT2D eigenvalue weighted by Gasteiger charge is -2.24. The lowest BCUT2D eigenvalue weighted by atomic mass is 10.1. The van der Waals surface area contributed by atoms with Gasteiger partial charge in [0.1, 0.15) is 42.4 Å². The van der Waals surface area contributed by atoms with Gasteiger partial charge in [-0.25, -0.2) is 9.37 Å². The molecular weight excluding hydrogens is 513 g/mol. The smallest absolute Gasteiger partial charge is 0.428 e. The monoisotopic (exact) mass is 552 g/mol. The largest absolute Gasteiger partial charge is 0.491 e. The number of fused-ring (bicyclic) bond motifs is 1. The van der Waals surface area contributed by atoms with Crippen molar-refractivity contribution in [3.05, 3.63) is 65.6 Å². The number of unbranched alkanes of at least 4 members (excludes halogenated alkanes) is 1. The second-order valence-electron chi connectivity index (χ2n) is 10.2. The highest BCUT2D eigenvalue weighted by atomic mass is 19.1. The molecule has 0 aromatic carbocycles. The number of aryl methyl sites for hydroxylation is 3. The Morgan fingerprint density at radius 3 is 2.92 bits per heavy atom. The highest BCUT2D eigenvalue weighted by Crippen LogP contribution is 2.20. The van der Waals surface area contributed by atoms with Crippen molar-refractivity contribution >= 4 is 17.5 Å². The number of ether oxygens (including phenoxy) is 1. The van der Waals surface area contributed by atoms with E-state index >= 15 is 0 Å². The van der Waals surface area contributed by atoms with Crippen molar-refractivity contribution in [1.82, 2.24) is 19.9 Å². The molecule has 0 unspecified atom stereocenters. The number of nitrogens with one attached hydrogen (secondary N) is 2. The van der Waals surface area contributed by atoms with Crippen molar-refractivity contribution in [2.24, 2.45) is 0 Å². The fraction of sp³-hybridized carbons (Fsp3) is 0.483. The van der Waals surface area contributed by atoms with Crippen LogP contribution >= 0.6 is 0 Å². The zero-order chi connectivity index (χ0) is 28.3. The number of carbonyl (C=O) groups excluding carboxylic acids is 1. The van der Waals surface area contributed by atoms with Crippen molar-refractivity contribution < 1.29 is 23.9 Å². The molecule has 1 atom stereocenters. The third-order valence-electron chi connectivity index (χ3n) is 6.93. The van der Waals surface area contributed by atoms with Gasteiger partial charge in [-0.15, -0.1) is 0 Å². The molecule has 3 aromatic rings. The van der Waals surface area contributed by atoms with Gasteiger partial charge in [0.15, 0.2) is 5.78 Å². The number of halogens is 1. The molecule has 4 heterocycles. The maximum Gasteiger partial charge on any atom is 0.428 e. The van der Waals surface area contributed by atoms with E-state index < -0.39 is 11.9 Å². The normalized spacial score (nSPS) is 13.4. The summed E-state index contributed by atoms with van der Waals surface area (Å²) < 4.78 is 20.1. The van der Waals surface area contributed by atoms with Crippen LogP contribution in [0.2, 0.25) is 0 Å². The van der Waals surface area contributed by atoms with Gasteiger partial charge in [0.2, 0.25) is 0 Å². The van der Waals surface area contributed by atoms with E-state index in [4.69, 9.17) is 9.72 Å². The third kappa shape index (κ3) is 8.84. The highest BCUT2D eigenvalue weighted by molar-refractivity contribution is 5.83. The molecule has 214 valence electrons. The Kier molecular flexibility index (Phi) is 10.6. The van der Waals surface area contributed by atoms with E-state index in [1.807, 2.05) is 6.92 Å². The van der Waals surface area contributed by atoms with Crippen molar-refractivity contribution in [2.75, 3.05) is 43.4 Å². The minimum atomic E-state index is -0.517. The molecule has 0 saturated heterocycles. The first-order valence-electron chi connectivity index (χ1n) is 13.9. The minimum Gasteiger partial charge on any atom is -0.491 e. The van der Waals surface area contributed by atoms with Crippen molar-refractivity contribution in [2.45, 2.75) is 58.4 Å². The Balaban J connectivity index is 1.32. The Labute approximate surface area is 234 Å². The Morgan fingerprint density at radius 1 is 1.25 bits per heavy atom. The average Bonchev–Trinajstić information content (AvgIpc) is 2.93. The number of pyridine rings is 2. The van der Waals surface area contributed by atoms with E-state index in [9.17, 15) is 14.4 Å². The van der Waals surface area contributed by atoms with Crippen LogP contribution in [0, 0.1) is 12.7 Å². The predicted molar refractivity (Wildman–Crippen MR) is 149 cm³/mol. The first-order chi connectivity index (χ1) is 19.4. The molecule has 0 fully saturated rings. The number of hydrogen-bond acceptors (Lipinski definition) is 9. The predicted octanol–water partition coefficient (Wildman–Crippen LogP) is 3.37. The summed E-state index contributed by atoms with van der Waals surface area (Å²) in [6.45, 7) is 6.72.